The van der Waals surface area contributed by atoms with Crippen LogP contribution in [-0.2, 0) is 0 Å². The molecule has 1 heterocycles. The fourth-order valence-electron chi connectivity index (χ4n) is 3.13. The number of benzene rings is 2. The number of nitrogens with zero attached hydrogens (tertiary/aromatic N) is 3. The lowest BCUT2D eigenvalue weighted by Gasteiger charge is -2.19. The molecule has 1 aromatic heterocycles. The van der Waals surface area contributed by atoms with Gasteiger partial charge in [0.05, 0.1) is 26.5 Å². The van der Waals surface area contributed by atoms with Crippen molar-refractivity contribution in [1.29, 1.82) is 0 Å². The predicted octanol–water partition coefficient (Wildman–Crippen LogP) is 3.01. The number of carbonyl (C=O) groups is 1. The van der Waals surface area contributed by atoms with Gasteiger partial charge in [0, 0.05) is 24.8 Å². The normalized spacial score (nSPS) is 10.6. The van der Waals surface area contributed by atoms with Gasteiger partial charge in [-0.1, -0.05) is 24.3 Å². The first-order chi connectivity index (χ1) is 14.1. The molecule has 1 N–H and O–H groups in total. The predicted molar refractivity (Wildman–Crippen MR) is 111 cm³/mol. The highest BCUT2D eigenvalue weighted by Gasteiger charge is 2.23. The molecule has 0 unspecified atom stereocenters. The van der Waals surface area contributed by atoms with Gasteiger partial charge in [-0.3, -0.25) is 4.79 Å². The van der Waals surface area contributed by atoms with E-state index in [9.17, 15) is 9.90 Å². The lowest BCUT2D eigenvalue weighted by atomic mass is 10.0. The van der Waals surface area contributed by atoms with E-state index in [0.717, 1.165) is 11.3 Å². The molecule has 0 aliphatic rings. The van der Waals surface area contributed by atoms with Crippen LogP contribution in [0.1, 0.15) is 17.4 Å². The van der Waals surface area contributed by atoms with E-state index in [2.05, 4.69) is 5.10 Å². The third-order valence-corrected chi connectivity index (χ3v) is 4.67. The van der Waals surface area contributed by atoms with E-state index in [4.69, 9.17) is 9.47 Å². The lowest BCUT2D eigenvalue weighted by Crippen LogP contribution is -2.34. The zero-order valence-electron chi connectivity index (χ0n) is 16.8. The second-order valence-electron chi connectivity index (χ2n) is 6.35. The summed E-state index contributed by atoms with van der Waals surface area (Å²) in [7, 11) is 3.15. The molecule has 7 heteroatoms. The van der Waals surface area contributed by atoms with E-state index in [-0.39, 0.29) is 19.1 Å². The summed E-state index contributed by atoms with van der Waals surface area (Å²) in [6, 6.07) is 15.1. The van der Waals surface area contributed by atoms with Gasteiger partial charge in [-0.2, -0.15) is 5.10 Å². The van der Waals surface area contributed by atoms with Crippen LogP contribution in [-0.4, -0.2) is 59.6 Å². The summed E-state index contributed by atoms with van der Waals surface area (Å²) < 4.78 is 12.4. The van der Waals surface area contributed by atoms with Crippen molar-refractivity contribution in [3.05, 3.63) is 60.4 Å². The number of hydrogen-bond donors (Lipinski definition) is 1. The summed E-state index contributed by atoms with van der Waals surface area (Å²) in [5.74, 6) is 0.939. The minimum absolute atomic E-state index is 0.106. The third kappa shape index (κ3) is 4.25. The van der Waals surface area contributed by atoms with Crippen molar-refractivity contribution >= 4 is 5.91 Å². The molecule has 3 rings (SSSR count). The van der Waals surface area contributed by atoms with E-state index in [0.29, 0.717) is 29.3 Å². The van der Waals surface area contributed by atoms with Gasteiger partial charge >= 0.3 is 0 Å². The smallest absolute Gasteiger partial charge is 0.275 e. The topological polar surface area (TPSA) is 76.8 Å². The molecule has 0 radical (unpaired) electrons. The van der Waals surface area contributed by atoms with E-state index in [1.165, 1.54) is 0 Å². The Hall–Kier alpha value is -3.32. The first kappa shape index (κ1) is 20.4. The molecule has 2 aromatic carbocycles. The highest BCUT2D eigenvalue weighted by atomic mass is 16.5. The third-order valence-electron chi connectivity index (χ3n) is 4.67. The van der Waals surface area contributed by atoms with Gasteiger partial charge in [-0.15, -0.1) is 0 Å². The molecule has 0 atom stereocenters. The van der Waals surface area contributed by atoms with Crippen LogP contribution in [0, 0.1) is 0 Å². The Labute approximate surface area is 170 Å². The second-order valence-corrected chi connectivity index (χ2v) is 6.35. The molecule has 0 saturated heterocycles. The van der Waals surface area contributed by atoms with Crippen LogP contribution in [0.15, 0.2) is 54.7 Å². The number of aliphatic hydroxyl groups excluding tert-OH is 1. The van der Waals surface area contributed by atoms with Crippen LogP contribution >= 0.6 is 0 Å². The molecule has 0 spiro atoms. The van der Waals surface area contributed by atoms with Crippen molar-refractivity contribution in [3.63, 3.8) is 0 Å². The largest absolute Gasteiger partial charge is 0.493 e. The molecule has 0 saturated carbocycles. The highest BCUT2D eigenvalue weighted by Crippen LogP contribution is 2.34. The van der Waals surface area contributed by atoms with Crippen LogP contribution in [0.25, 0.3) is 16.8 Å². The molecule has 7 nitrogen and oxygen atoms in total. The van der Waals surface area contributed by atoms with E-state index < -0.39 is 0 Å². The first-order valence-electron chi connectivity index (χ1n) is 9.40. The molecule has 0 bridgehead atoms. The number of rotatable bonds is 8. The molecule has 1 amide bonds. The van der Waals surface area contributed by atoms with Crippen LogP contribution < -0.4 is 9.47 Å². The van der Waals surface area contributed by atoms with E-state index in [1.54, 1.807) is 29.9 Å². The summed E-state index contributed by atoms with van der Waals surface area (Å²) in [4.78, 5) is 14.7. The summed E-state index contributed by atoms with van der Waals surface area (Å²) >= 11 is 0. The van der Waals surface area contributed by atoms with Gasteiger partial charge < -0.3 is 19.5 Å². The maximum Gasteiger partial charge on any atom is 0.275 e. The Bertz CT molecular complexity index is 969. The van der Waals surface area contributed by atoms with Gasteiger partial charge in [-0.05, 0) is 36.8 Å². The van der Waals surface area contributed by atoms with Gasteiger partial charge in [0.25, 0.3) is 5.91 Å². The Morgan fingerprint density at radius 3 is 2.45 bits per heavy atom. The Kier molecular flexibility index (Phi) is 6.51. The Balaban J connectivity index is 2.14. The lowest BCUT2D eigenvalue weighted by molar-refractivity contribution is 0.0726. The number of para-hydroxylation sites is 1. The summed E-state index contributed by atoms with van der Waals surface area (Å²) in [6.45, 7) is 2.49. The van der Waals surface area contributed by atoms with Gasteiger partial charge in [0.2, 0.25) is 0 Å². The van der Waals surface area contributed by atoms with Crippen LogP contribution in [0.5, 0.6) is 11.5 Å². The van der Waals surface area contributed by atoms with Crippen molar-refractivity contribution in [2.75, 3.05) is 33.9 Å². The molecule has 0 aliphatic heterocycles. The number of aliphatic hydroxyl groups is 1. The number of hydrogen-bond acceptors (Lipinski definition) is 5. The van der Waals surface area contributed by atoms with Crippen LogP contribution in [0.4, 0.5) is 0 Å². The fraction of sp³-hybridized carbons (Fsp3) is 0.273. The molecule has 0 aliphatic carbocycles. The molecule has 29 heavy (non-hydrogen) atoms. The van der Waals surface area contributed by atoms with Gasteiger partial charge in [-0.25, -0.2) is 4.68 Å². The number of methoxy groups -OCH3 is 2. The zero-order valence-corrected chi connectivity index (χ0v) is 16.8. The average Bonchev–Trinajstić information content (AvgIpc) is 3.22. The number of aromatic nitrogens is 2. The molecular weight excluding hydrogens is 370 g/mol. The first-order valence-corrected chi connectivity index (χ1v) is 9.40. The van der Waals surface area contributed by atoms with Crippen LogP contribution in [0.2, 0.25) is 0 Å². The quantitative estimate of drug-likeness (QED) is 0.634. The number of amides is 1. The Morgan fingerprint density at radius 1 is 1.10 bits per heavy atom. The SMILES string of the molecule is CCN(CCO)C(=O)c1nn(-c2ccccc2)cc1-c1ccc(OC)c(OC)c1. The Morgan fingerprint density at radius 2 is 1.83 bits per heavy atom. The minimum atomic E-state index is -0.235. The highest BCUT2D eigenvalue weighted by molar-refractivity contribution is 5.99. The van der Waals surface area contributed by atoms with Crippen molar-refractivity contribution in [2.24, 2.45) is 0 Å². The minimum Gasteiger partial charge on any atom is -0.493 e. The molecule has 3 aromatic rings. The number of carbonyl (C=O) groups excluding carboxylic acids is 1. The van der Waals surface area contributed by atoms with Crippen molar-refractivity contribution in [2.45, 2.75) is 6.92 Å². The van der Waals surface area contributed by atoms with E-state index >= 15 is 0 Å². The summed E-state index contributed by atoms with van der Waals surface area (Å²) in [6.07, 6.45) is 1.83. The van der Waals surface area contributed by atoms with Crippen molar-refractivity contribution < 1.29 is 19.4 Å². The van der Waals surface area contributed by atoms with Crippen LogP contribution in [0.3, 0.4) is 0 Å². The number of ether oxygens (including phenoxy) is 2. The summed E-state index contributed by atoms with van der Waals surface area (Å²) in [5, 5.41) is 13.9. The van der Waals surface area contributed by atoms with Crippen molar-refractivity contribution in [3.8, 4) is 28.3 Å². The monoisotopic (exact) mass is 395 g/mol. The van der Waals surface area contributed by atoms with Crippen molar-refractivity contribution in [1.82, 2.24) is 14.7 Å². The molecule has 152 valence electrons. The fourth-order valence-corrected chi connectivity index (χ4v) is 3.13. The number of likely N-dealkylation sites (N-methyl/N-ethyl adjacent to an activating group) is 1. The summed E-state index contributed by atoms with van der Waals surface area (Å²) in [5.41, 5.74) is 2.62. The zero-order chi connectivity index (χ0) is 20.8. The standard InChI is InChI=1S/C22H25N3O4/c1-4-24(12-13-26)22(27)21-18(15-25(23-21)17-8-6-5-7-9-17)16-10-11-19(28-2)20(14-16)29-3/h5-11,14-15,26H,4,12-13H2,1-3H3. The maximum atomic E-state index is 13.2. The van der Waals surface area contributed by atoms with Gasteiger partial charge in [0.1, 0.15) is 0 Å². The molecular formula is C22H25N3O4. The second kappa shape index (κ2) is 9.25. The van der Waals surface area contributed by atoms with E-state index in [1.807, 2.05) is 55.6 Å². The molecule has 0 fully saturated rings. The average molecular weight is 395 g/mol. The van der Waals surface area contributed by atoms with Gasteiger partial charge in [0.15, 0.2) is 17.2 Å². The maximum absolute atomic E-state index is 13.2.